The molecule has 3 aliphatic rings. The van der Waals surface area contributed by atoms with Crippen LogP contribution in [0.15, 0.2) is 45.6 Å². The van der Waals surface area contributed by atoms with E-state index in [1.165, 1.54) is 31.2 Å². The molecule has 6 rings (SSSR count). The molecular formula is C33H40O20. The van der Waals surface area contributed by atoms with Crippen molar-refractivity contribution in [2.45, 2.75) is 99.0 Å². The van der Waals surface area contributed by atoms with E-state index in [0.29, 0.717) is 0 Å². The maximum atomic E-state index is 14.0. The maximum absolute atomic E-state index is 14.0. The number of phenols is 3. The molecular weight excluding hydrogens is 716 g/mol. The summed E-state index contributed by atoms with van der Waals surface area (Å²) in [6, 6.07) is 7.05. The van der Waals surface area contributed by atoms with Gasteiger partial charge in [-0.1, -0.05) is 0 Å². The van der Waals surface area contributed by atoms with Gasteiger partial charge in [0.15, 0.2) is 24.4 Å². The van der Waals surface area contributed by atoms with Crippen molar-refractivity contribution in [3.63, 3.8) is 0 Å². The van der Waals surface area contributed by atoms with Gasteiger partial charge in [-0.25, -0.2) is 0 Å². The van der Waals surface area contributed by atoms with Gasteiger partial charge in [-0.05, 0) is 31.2 Å². The highest BCUT2D eigenvalue weighted by Crippen LogP contribution is 2.38. The minimum absolute atomic E-state index is 0.112. The van der Waals surface area contributed by atoms with Gasteiger partial charge in [-0.3, -0.25) is 4.79 Å². The van der Waals surface area contributed by atoms with Gasteiger partial charge in [0.25, 0.3) is 0 Å². The van der Waals surface area contributed by atoms with Crippen LogP contribution < -0.4 is 10.2 Å². The van der Waals surface area contributed by atoms with E-state index >= 15 is 0 Å². The number of rotatable bonds is 9. The number of phenolic OH excluding ortho intramolecular Hbond substituents is 3. The van der Waals surface area contributed by atoms with Gasteiger partial charge >= 0.3 is 0 Å². The topological polar surface area (TPSA) is 328 Å². The smallest absolute Gasteiger partial charge is 0.239 e. The molecule has 0 saturated carbocycles. The predicted molar refractivity (Wildman–Crippen MR) is 171 cm³/mol. The Bertz CT molecular complexity index is 1780. The zero-order valence-corrected chi connectivity index (χ0v) is 27.7. The third-order valence-electron chi connectivity index (χ3n) is 9.30. The molecule has 20 nitrogen and oxygen atoms in total. The van der Waals surface area contributed by atoms with E-state index in [0.717, 1.165) is 12.1 Å². The molecule has 2 aromatic carbocycles. The average Bonchev–Trinajstić information content (AvgIpc) is 3.12. The molecule has 15 atom stereocenters. The number of hydrogen-bond donors (Lipinski definition) is 12. The quantitative estimate of drug-likeness (QED) is 0.100. The van der Waals surface area contributed by atoms with Gasteiger partial charge in [0.1, 0.15) is 89.3 Å². The number of aliphatic hydroxyl groups excluding tert-OH is 9. The van der Waals surface area contributed by atoms with Crippen molar-refractivity contribution in [1.82, 2.24) is 0 Å². The van der Waals surface area contributed by atoms with E-state index in [2.05, 4.69) is 0 Å². The zero-order valence-electron chi connectivity index (χ0n) is 27.7. The Morgan fingerprint density at radius 2 is 1.30 bits per heavy atom. The highest BCUT2D eigenvalue weighted by atomic mass is 16.8. The molecule has 12 N–H and O–H groups in total. The number of fused-ring (bicyclic) bond motifs is 1. The van der Waals surface area contributed by atoms with Crippen molar-refractivity contribution in [2.75, 3.05) is 13.2 Å². The molecule has 3 fully saturated rings. The molecule has 4 heterocycles. The second-order valence-electron chi connectivity index (χ2n) is 12.9. The van der Waals surface area contributed by atoms with Gasteiger partial charge in [0, 0.05) is 17.7 Å². The van der Waals surface area contributed by atoms with Crippen LogP contribution in [0.4, 0.5) is 0 Å². The molecule has 0 spiro atoms. The third-order valence-corrected chi connectivity index (χ3v) is 9.30. The van der Waals surface area contributed by atoms with Crippen LogP contribution >= 0.6 is 0 Å². The Morgan fingerprint density at radius 3 is 1.98 bits per heavy atom. The monoisotopic (exact) mass is 756 g/mol. The molecule has 7 unspecified atom stereocenters. The van der Waals surface area contributed by atoms with Crippen LogP contribution in [-0.2, 0) is 23.7 Å². The summed E-state index contributed by atoms with van der Waals surface area (Å²) < 4.78 is 40.0. The third kappa shape index (κ3) is 7.52. The Kier molecular flexibility index (Phi) is 11.5. The summed E-state index contributed by atoms with van der Waals surface area (Å²) >= 11 is 0. The van der Waals surface area contributed by atoms with Gasteiger partial charge in [-0.15, -0.1) is 0 Å². The standard InChI is InChI=1S/C33H40O20/c1-10-19(38)23(42)26(45)31(48-10)47-9-17-21(40)25(44)30(53-32-27(46)24(43)20(39)16(8-34)50-32)33(51-17)52-29-22(41)18-14(37)6-13(36)7-15(18)49-28(29)11-2-4-12(35)5-3-11/h2-7,10,16-17,19-21,23-27,30-40,42-46H,8-9H2,1H3/t10?,16?,17?,19-,20+,21-,23-,24?,25?,26?,27+,30?,31+,32-,33-/m0/s1. The first-order chi connectivity index (χ1) is 25.1. The van der Waals surface area contributed by atoms with Crippen LogP contribution in [0.5, 0.6) is 23.0 Å². The highest BCUT2D eigenvalue weighted by molar-refractivity contribution is 5.88. The fraction of sp³-hybridized carbons (Fsp3) is 0.545. The van der Waals surface area contributed by atoms with Crippen LogP contribution in [-0.4, -0.2) is 167 Å². The first-order valence-electron chi connectivity index (χ1n) is 16.4. The van der Waals surface area contributed by atoms with E-state index in [4.69, 9.17) is 32.8 Å². The molecule has 3 saturated heterocycles. The Labute approximate surface area is 298 Å². The number of ether oxygens (including phenoxy) is 6. The summed E-state index contributed by atoms with van der Waals surface area (Å²) in [7, 11) is 0. The van der Waals surface area contributed by atoms with Crippen molar-refractivity contribution in [3.05, 3.63) is 46.6 Å². The summed E-state index contributed by atoms with van der Waals surface area (Å²) in [5.41, 5.74) is -1.23. The van der Waals surface area contributed by atoms with Crippen LogP contribution in [0.3, 0.4) is 0 Å². The zero-order chi connectivity index (χ0) is 38.5. The van der Waals surface area contributed by atoms with E-state index in [9.17, 15) is 66.1 Å². The normalized spacial score (nSPS) is 37.8. The molecule has 0 amide bonds. The lowest BCUT2D eigenvalue weighted by Gasteiger charge is -2.46. The SMILES string of the molecule is CC1O[C@@H](OCC2O[C@@H](Oc3c(-c4ccc(O)cc4)oc4cc(O)cc(O)c4c3=O)C(O[C@@H]3OC(CO)[C@@H](O)C(O)[C@H]3O)C(O)[C@H]2O)C(O)[C@@H](O)[C@H]1O. The molecule has 0 aliphatic carbocycles. The Morgan fingerprint density at radius 1 is 0.679 bits per heavy atom. The van der Waals surface area contributed by atoms with Crippen molar-refractivity contribution in [1.29, 1.82) is 0 Å². The predicted octanol–water partition coefficient (Wildman–Crippen LogP) is -3.57. The summed E-state index contributed by atoms with van der Waals surface area (Å²) in [6.45, 7) is -0.140. The lowest BCUT2D eigenvalue weighted by atomic mass is 9.97. The lowest BCUT2D eigenvalue weighted by Crippen LogP contribution is -2.65. The first kappa shape index (κ1) is 39.0. The Hall–Kier alpha value is -3.71. The number of aromatic hydroxyl groups is 3. The molecule has 0 radical (unpaired) electrons. The lowest BCUT2D eigenvalue weighted by molar-refractivity contribution is -0.362. The number of aliphatic hydroxyl groups is 9. The number of benzene rings is 2. The fourth-order valence-electron chi connectivity index (χ4n) is 6.25. The molecule has 3 aromatic rings. The first-order valence-corrected chi connectivity index (χ1v) is 16.4. The summed E-state index contributed by atoms with van der Waals surface area (Å²) in [4.78, 5) is 14.0. The second-order valence-corrected chi connectivity index (χ2v) is 12.9. The minimum Gasteiger partial charge on any atom is -0.508 e. The van der Waals surface area contributed by atoms with Crippen LogP contribution in [0.25, 0.3) is 22.3 Å². The summed E-state index contributed by atoms with van der Waals surface area (Å²) in [5, 5.41) is 124. The van der Waals surface area contributed by atoms with E-state index in [1.807, 2.05) is 0 Å². The molecule has 3 aliphatic heterocycles. The van der Waals surface area contributed by atoms with Crippen molar-refractivity contribution in [2.24, 2.45) is 0 Å². The summed E-state index contributed by atoms with van der Waals surface area (Å²) in [6.07, 6.45) is -26.1. The van der Waals surface area contributed by atoms with Crippen LogP contribution in [0.2, 0.25) is 0 Å². The van der Waals surface area contributed by atoms with E-state index < -0.39 is 133 Å². The molecule has 53 heavy (non-hydrogen) atoms. The maximum Gasteiger partial charge on any atom is 0.239 e. The van der Waals surface area contributed by atoms with E-state index in [1.54, 1.807) is 0 Å². The van der Waals surface area contributed by atoms with Crippen molar-refractivity contribution >= 4 is 11.0 Å². The second kappa shape index (κ2) is 15.6. The Balaban J connectivity index is 1.39. The van der Waals surface area contributed by atoms with Gasteiger partial charge < -0.3 is 94.1 Å². The van der Waals surface area contributed by atoms with Crippen molar-refractivity contribution < 1.29 is 94.1 Å². The van der Waals surface area contributed by atoms with Crippen LogP contribution in [0, 0.1) is 0 Å². The van der Waals surface area contributed by atoms with Gasteiger partial charge in [0.05, 0.1) is 19.3 Å². The molecule has 292 valence electrons. The minimum atomic E-state index is -2.06. The van der Waals surface area contributed by atoms with Crippen molar-refractivity contribution in [3.8, 4) is 34.3 Å². The molecule has 0 bridgehead atoms. The highest BCUT2D eigenvalue weighted by Gasteiger charge is 2.52. The summed E-state index contributed by atoms with van der Waals surface area (Å²) in [5.74, 6) is -2.39. The molecule has 20 heteroatoms. The van der Waals surface area contributed by atoms with Gasteiger partial charge in [-0.2, -0.15) is 0 Å². The largest absolute Gasteiger partial charge is 0.508 e. The van der Waals surface area contributed by atoms with Crippen LogP contribution in [0.1, 0.15) is 6.92 Å². The molecule has 1 aromatic heterocycles. The van der Waals surface area contributed by atoms with Gasteiger partial charge in [0.2, 0.25) is 17.5 Å². The fourth-order valence-corrected chi connectivity index (χ4v) is 6.25. The van der Waals surface area contributed by atoms with E-state index in [-0.39, 0.29) is 22.7 Å². The number of hydrogen-bond acceptors (Lipinski definition) is 20. The average molecular weight is 757 g/mol.